The van der Waals surface area contributed by atoms with E-state index >= 15 is 0 Å². The predicted molar refractivity (Wildman–Crippen MR) is 80.8 cm³/mol. The zero-order valence-electron chi connectivity index (χ0n) is 12.2. The molecule has 1 unspecified atom stereocenters. The first-order chi connectivity index (χ1) is 9.93. The van der Waals surface area contributed by atoms with Crippen molar-refractivity contribution in [2.45, 2.75) is 20.3 Å². The summed E-state index contributed by atoms with van der Waals surface area (Å²) in [5.41, 5.74) is 6.42. The third kappa shape index (κ3) is 3.07. The van der Waals surface area contributed by atoms with Crippen LogP contribution in [0.5, 0.6) is 0 Å². The fourth-order valence-corrected chi connectivity index (χ4v) is 2.70. The van der Waals surface area contributed by atoms with Gasteiger partial charge in [0, 0.05) is 24.7 Å². The normalized spacial score (nSPS) is 19.3. The van der Waals surface area contributed by atoms with Crippen LogP contribution in [0.3, 0.4) is 0 Å². The number of anilines is 1. The largest absolute Gasteiger partial charge is 0.409 e. The molecule has 0 aromatic heterocycles. The first-order valence-electron chi connectivity index (χ1n) is 6.95. The van der Waals surface area contributed by atoms with Crippen molar-refractivity contribution in [2.24, 2.45) is 22.7 Å². The van der Waals surface area contributed by atoms with Gasteiger partial charge in [0.15, 0.2) is 5.84 Å². The molecule has 1 aromatic rings. The van der Waals surface area contributed by atoms with Crippen molar-refractivity contribution in [3.05, 3.63) is 33.9 Å². The molecule has 1 saturated heterocycles. The van der Waals surface area contributed by atoms with Gasteiger partial charge in [-0.25, -0.2) is 0 Å². The smallest absolute Gasteiger partial charge is 0.293 e. The molecule has 1 fully saturated rings. The fourth-order valence-electron chi connectivity index (χ4n) is 2.70. The molecule has 0 radical (unpaired) electrons. The standard InChI is InChI=1S/C14H20N4O3/c1-9(2)11-5-6-17(8-11)12-4-3-10(14(15)16-19)7-13(12)18(20)21/h3-4,7,9,11,19H,5-6,8H2,1-2H3,(H2,15,16). The van der Waals surface area contributed by atoms with Crippen LogP contribution in [0.4, 0.5) is 11.4 Å². The average Bonchev–Trinajstić information content (AvgIpc) is 2.95. The van der Waals surface area contributed by atoms with Gasteiger partial charge in [0.25, 0.3) is 5.69 Å². The lowest BCUT2D eigenvalue weighted by molar-refractivity contribution is -0.384. The van der Waals surface area contributed by atoms with Gasteiger partial charge in [0.1, 0.15) is 5.69 Å². The molecule has 0 aliphatic carbocycles. The lowest BCUT2D eigenvalue weighted by Gasteiger charge is -2.20. The van der Waals surface area contributed by atoms with Crippen molar-refractivity contribution in [2.75, 3.05) is 18.0 Å². The number of nitro groups is 1. The van der Waals surface area contributed by atoms with E-state index in [0.29, 0.717) is 23.1 Å². The van der Waals surface area contributed by atoms with Crippen LogP contribution >= 0.6 is 0 Å². The highest BCUT2D eigenvalue weighted by Gasteiger charge is 2.29. The summed E-state index contributed by atoms with van der Waals surface area (Å²) in [5.74, 6) is 0.977. The highest BCUT2D eigenvalue weighted by molar-refractivity contribution is 5.98. The van der Waals surface area contributed by atoms with Crippen molar-refractivity contribution < 1.29 is 10.1 Å². The van der Waals surface area contributed by atoms with E-state index in [0.717, 1.165) is 19.5 Å². The van der Waals surface area contributed by atoms with Gasteiger partial charge in [-0.2, -0.15) is 0 Å². The molecule has 7 heteroatoms. The van der Waals surface area contributed by atoms with E-state index in [-0.39, 0.29) is 11.5 Å². The molecule has 21 heavy (non-hydrogen) atoms. The Morgan fingerprint density at radius 3 is 2.81 bits per heavy atom. The number of hydrogen-bond donors (Lipinski definition) is 2. The summed E-state index contributed by atoms with van der Waals surface area (Å²) in [6.45, 7) is 5.97. The summed E-state index contributed by atoms with van der Waals surface area (Å²) in [6, 6.07) is 4.67. The predicted octanol–water partition coefficient (Wildman–Crippen LogP) is 2.17. The second-order valence-electron chi connectivity index (χ2n) is 5.68. The first-order valence-corrected chi connectivity index (χ1v) is 6.95. The Morgan fingerprint density at radius 2 is 2.29 bits per heavy atom. The summed E-state index contributed by atoms with van der Waals surface area (Å²) in [7, 11) is 0. The number of benzene rings is 1. The molecule has 7 nitrogen and oxygen atoms in total. The van der Waals surface area contributed by atoms with Gasteiger partial charge < -0.3 is 15.8 Å². The van der Waals surface area contributed by atoms with Gasteiger partial charge in [-0.15, -0.1) is 0 Å². The van der Waals surface area contributed by atoms with Crippen LogP contribution in [-0.4, -0.2) is 29.1 Å². The number of nitrogens with zero attached hydrogens (tertiary/aromatic N) is 3. The Morgan fingerprint density at radius 1 is 1.57 bits per heavy atom. The van der Waals surface area contributed by atoms with Crippen molar-refractivity contribution in [3.8, 4) is 0 Å². The topological polar surface area (TPSA) is 105 Å². The maximum atomic E-state index is 11.3. The minimum atomic E-state index is -0.424. The second kappa shape index (κ2) is 5.99. The average molecular weight is 292 g/mol. The van der Waals surface area contributed by atoms with Crippen LogP contribution in [0.25, 0.3) is 0 Å². The molecular formula is C14H20N4O3. The first kappa shape index (κ1) is 15.1. The van der Waals surface area contributed by atoms with E-state index in [9.17, 15) is 10.1 Å². The van der Waals surface area contributed by atoms with E-state index in [2.05, 4.69) is 19.0 Å². The Labute approximate surface area is 123 Å². The second-order valence-corrected chi connectivity index (χ2v) is 5.68. The van der Waals surface area contributed by atoms with Crippen molar-refractivity contribution >= 4 is 17.2 Å². The van der Waals surface area contributed by atoms with E-state index < -0.39 is 4.92 Å². The summed E-state index contributed by atoms with van der Waals surface area (Å²) >= 11 is 0. The molecule has 3 N–H and O–H groups in total. The van der Waals surface area contributed by atoms with Gasteiger partial charge in [-0.1, -0.05) is 19.0 Å². The summed E-state index contributed by atoms with van der Waals surface area (Å²) in [4.78, 5) is 12.9. The molecule has 1 atom stereocenters. The highest BCUT2D eigenvalue weighted by atomic mass is 16.6. The molecule has 1 aliphatic heterocycles. The zero-order chi connectivity index (χ0) is 15.6. The number of nitrogens with two attached hydrogens (primary N) is 1. The van der Waals surface area contributed by atoms with Gasteiger partial charge in [-0.05, 0) is 30.4 Å². The van der Waals surface area contributed by atoms with Crippen LogP contribution in [0.1, 0.15) is 25.8 Å². The Kier molecular flexibility index (Phi) is 4.30. The van der Waals surface area contributed by atoms with E-state index in [4.69, 9.17) is 10.9 Å². The number of oxime groups is 1. The molecule has 0 bridgehead atoms. The zero-order valence-corrected chi connectivity index (χ0v) is 12.2. The number of nitro benzene ring substituents is 1. The quantitative estimate of drug-likeness (QED) is 0.291. The fraction of sp³-hybridized carbons (Fsp3) is 0.500. The van der Waals surface area contributed by atoms with E-state index in [1.807, 2.05) is 4.90 Å². The summed E-state index contributed by atoms with van der Waals surface area (Å²) in [5, 5.41) is 22.8. The Hall–Kier alpha value is -2.31. The lowest BCUT2D eigenvalue weighted by atomic mass is 9.95. The maximum absolute atomic E-state index is 11.3. The minimum absolute atomic E-state index is 0.0106. The molecule has 2 rings (SSSR count). The molecule has 0 saturated carbocycles. The number of amidine groups is 1. The van der Waals surface area contributed by atoms with Crippen molar-refractivity contribution in [1.29, 1.82) is 0 Å². The minimum Gasteiger partial charge on any atom is -0.409 e. The highest BCUT2D eigenvalue weighted by Crippen LogP contribution is 2.34. The molecular weight excluding hydrogens is 272 g/mol. The number of hydrogen-bond acceptors (Lipinski definition) is 5. The molecule has 0 amide bonds. The van der Waals surface area contributed by atoms with Crippen LogP contribution in [0.15, 0.2) is 23.4 Å². The molecule has 1 aromatic carbocycles. The third-order valence-corrected chi connectivity index (χ3v) is 4.08. The van der Waals surface area contributed by atoms with E-state index in [1.54, 1.807) is 12.1 Å². The van der Waals surface area contributed by atoms with Gasteiger partial charge >= 0.3 is 0 Å². The van der Waals surface area contributed by atoms with E-state index in [1.165, 1.54) is 6.07 Å². The van der Waals surface area contributed by atoms with Gasteiger partial charge in [0.05, 0.1) is 4.92 Å². The van der Waals surface area contributed by atoms with Gasteiger partial charge in [0.2, 0.25) is 0 Å². The molecule has 0 spiro atoms. The van der Waals surface area contributed by atoms with Crippen LogP contribution in [0.2, 0.25) is 0 Å². The summed E-state index contributed by atoms with van der Waals surface area (Å²) < 4.78 is 0. The van der Waals surface area contributed by atoms with Crippen LogP contribution in [0, 0.1) is 22.0 Å². The SMILES string of the molecule is CC(C)C1CCN(c2ccc(/C(N)=N/O)cc2[N+](=O)[O-])C1. The molecule has 1 aliphatic rings. The van der Waals surface area contributed by atoms with Gasteiger partial charge in [-0.3, -0.25) is 10.1 Å². The molecule has 1 heterocycles. The third-order valence-electron chi connectivity index (χ3n) is 4.08. The summed E-state index contributed by atoms with van der Waals surface area (Å²) in [6.07, 6.45) is 1.04. The Balaban J connectivity index is 2.34. The lowest BCUT2D eigenvalue weighted by Crippen LogP contribution is -2.22. The number of rotatable bonds is 4. The van der Waals surface area contributed by atoms with Crippen molar-refractivity contribution in [1.82, 2.24) is 0 Å². The van der Waals surface area contributed by atoms with Crippen LogP contribution in [-0.2, 0) is 0 Å². The monoisotopic (exact) mass is 292 g/mol. The van der Waals surface area contributed by atoms with Crippen LogP contribution < -0.4 is 10.6 Å². The molecule has 114 valence electrons. The Bertz CT molecular complexity index is 571. The van der Waals surface area contributed by atoms with Crippen molar-refractivity contribution in [3.63, 3.8) is 0 Å². The maximum Gasteiger partial charge on any atom is 0.293 e.